The van der Waals surface area contributed by atoms with Gasteiger partial charge in [-0.1, -0.05) is 18.2 Å². The highest BCUT2D eigenvalue weighted by atomic mass is 16.1. The minimum Gasteiger partial charge on any atom is -0.300 e. The van der Waals surface area contributed by atoms with Crippen LogP contribution in [0.3, 0.4) is 0 Å². The van der Waals surface area contributed by atoms with Crippen LogP contribution in [-0.2, 0) is 18.3 Å². The van der Waals surface area contributed by atoms with Gasteiger partial charge in [0, 0.05) is 12.4 Å². The van der Waals surface area contributed by atoms with Gasteiger partial charge < -0.3 is 0 Å². The van der Waals surface area contributed by atoms with E-state index in [9.17, 15) is 4.79 Å². The Hall–Kier alpha value is -1.64. The molecule has 0 N–H and O–H groups in total. The molecule has 1 aromatic carbocycles. The van der Waals surface area contributed by atoms with Gasteiger partial charge >= 0.3 is 0 Å². The molecule has 0 bridgehead atoms. The van der Waals surface area contributed by atoms with Crippen LogP contribution in [-0.4, -0.2) is 15.6 Å². The molecule has 72 valence electrons. The van der Waals surface area contributed by atoms with Gasteiger partial charge in [-0.3, -0.25) is 9.48 Å². The first-order valence-corrected chi connectivity index (χ1v) is 4.58. The zero-order chi connectivity index (χ0) is 10.1. The highest BCUT2D eigenvalue weighted by molar-refractivity contribution is 5.87. The van der Waals surface area contributed by atoms with Crippen molar-refractivity contribution in [1.29, 1.82) is 0 Å². The van der Waals surface area contributed by atoms with Gasteiger partial charge in [-0.25, -0.2) is 0 Å². The Labute approximate surface area is 82.3 Å². The molecular formula is C11H12N2O. The smallest absolute Gasteiger partial charge is 0.135 e. The lowest BCUT2D eigenvalue weighted by Gasteiger charge is -1.91. The third kappa shape index (κ3) is 1.41. The lowest BCUT2D eigenvalue weighted by atomic mass is 10.1. The Balaban J connectivity index is 2.60. The zero-order valence-electron chi connectivity index (χ0n) is 8.32. The molecule has 1 aromatic heterocycles. The van der Waals surface area contributed by atoms with Crippen molar-refractivity contribution in [3.63, 3.8) is 0 Å². The first-order chi connectivity index (χ1) is 6.68. The second-order valence-corrected chi connectivity index (χ2v) is 3.47. The second-order valence-electron chi connectivity index (χ2n) is 3.47. The predicted molar refractivity (Wildman–Crippen MR) is 55.1 cm³/mol. The van der Waals surface area contributed by atoms with Crippen LogP contribution in [0.25, 0.3) is 10.9 Å². The SMILES string of the molecule is CC(=O)Cc1nn(C)c2ccccc12. The Morgan fingerprint density at radius 2 is 2.14 bits per heavy atom. The van der Waals surface area contributed by atoms with E-state index in [4.69, 9.17) is 0 Å². The van der Waals surface area contributed by atoms with E-state index in [1.807, 2.05) is 36.0 Å². The van der Waals surface area contributed by atoms with Gasteiger partial charge in [0.2, 0.25) is 0 Å². The van der Waals surface area contributed by atoms with E-state index in [-0.39, 0.29) is 5.78 Å². The van der Waals surface area contributed by atoms with Crippen molar-refractivity contribution in [3.8, 4) is 0 Å². The van der Waals surface area contributed by atoms with Crippen LogP contribution in [0.4, 0.5) is 0 Å². The molecule has 3 nitrogen and oxygen atoms in total. The molecule has 0 amide bonds. The average molecular weight is 188 g/mol. The van der Waals surface area contributed by atoms with Crippen LogP contribution in [0.2, 0.25) is 0 Å². The maximum atomic E-state index is 11.0. The minimum atomic E-state index is 0.147. The molecule has 0 atom stereocenters. The van der Waals surface area contributed by atoms with Gasteiger partial charge in [0.25, 0.3) is 0 Å². The quantitative estimate of drug-likeness (QED) is 0.719. The monoisotopic (exact) mass is 188 g/mol. The van der Waals surface area contributed by atoms with E-state index in [1.54, 1.807) is 6.92 Å². The summed E-state index contributed by atoms with van der Waals surface area (Å²) in [6, 6.07) is 7.95. The van der Waals surface area contributed by atoms with E-state index < -0.39 is 0 Å². The van der Waals surface area contributed by atoms with Gasteiger partial charge in [-0.15, -0.1) is 0 Å². The number of hydrogen-bond donors (Lipinski definition) is 0. The van der Waals surface area contributed by atoms with Crippen molar-refractivity contribution in [2.24, 2.45) is 7.05 Å². The van der Waals surface area contributed by atoms with Crippen molar-refractivity contribution in [1.82, 2.24) is 9.78 Å². The summed E-state index contributed by atoms with van der Waals surface area (Å²) in [6.45, 7) is 1.59. The van der Waals surface area contributed by atoms with Crippen molar-refractivity contribution < 1.29 is 4.79 Å². The van der Waals surface area contributed by atoms with Gasteiger partial charge in [0.05, 0.1) is 17.6 Å². The minimum absolute atomic E-state index is 0.147. The standard InChI is InChI=1S/C11H12N2O/c1-8(14)7-10-9-5-3-4-6-11(9)13(2)12-10/h3-6H,7H2,1-2H3. The predicted octanol–water partition coefficient (Wildman–Crippen LogP) is 1.70. The maximum Gasteiger partial charge on any atom is 0.135 e. The van der Waals surface area contributed by atoms with Crippen molar-refractivity contribution in [3.05, 3.63) is 30.0 Å². The van der Waals surface area contributed by atoms with Crippen LogP contribution in [0.1, 0.15) is 12.6 Å². The fourth-order valence-electron chi connectivity index (χ4n) is 1.66. The van der Waals surface area contributed by atoms with E-state index >= 15 is 0 Å². The number of Topliss-reactive ketones (excluding diaryl/α,β-unsaturated/α-hetero) is 1. The Kier molecular flexibility index (Phi) is 2.08. The number of benzene rings is 1. The highest BCUT2D eigenvalue weighted by Crippen LogP contribution is 2.17. The molecule has 0 aliphatic carbocycles. The number of ketones is 1. The average Bonchev–Trinajstić information content (AvgIpc) is 2.44. The maximum absolute atomic E-state index is 11.0. The first kappa shape index (κ1) is 8.94. The number of aryl methyl sites for hydroxylation is 1. The summed E-state index contributed by atoms with van der Waals surface area (Å²) in [5, 5.41) is 5.40. The van der Waals surface area contributed by atoms with Crippen LogP contribution < -0.4 is 0 Å². The third-order valence-electron chi connectivity index (χ3n) is 2.25. The molecule has 2 aromatic rings. The van der Waals surface area contributed by atoms with Gasteiger partial charge in [-0.2, -0.15) is 5.10 Å². The lowest BCUT2D eigenvalue weighted by Crippen LogP contribution is -1.98. The summed E-state index contributed by atoms with van der Waals surface area (Å²) in [6.07, 6.45) is 0.418. The van der Waals surface area contributed by atoms with Crippen molar-refractivity contribution >= 4 is 16.7 Å². The van der Waals surface area contributed by atoms with Gasteiger partial charge in [0.15, 0.2) is 0 Å². The molecule has 0 spiro atoms. The molecule has 14 heavy (non-hydrogen) atoms. The zero-order valence-corrected chi connectivity index (χ0v) is 8.32. The Morgan fingerprint density at radius 1 is 1.43 bits per heavy atom. The fraction of sp³-hybridized carbons (Fsp3) is 0.273. The van der Waals surface area contributed by atoms with Crippen LogP contribution in [0.15, 0.2) is 24.3 Å². The van der Waals surface area contributed by atoms with E-state index in [1.165, 1.54) is 0 Å². The molecule has 0 saturated heterocycles. The summed E-state index contributed by atoms with van der Waals surface area (Å²) >= 11 is 0. The molecule has 1 heterocycles. The van der Waals surface area contributed by atoms with E-state index in [0.717, 1.165) is 16.6 Å². The summed E-state index contributed by atoms with van der Waals surface area (Å²) in [5.41, 5.74) is 1.94. The number of hydrogen-bond acceptors (Lipinski definition) is 2. The van der Waals surface area contributed by atoms with E-state index in [0.29, 0.717) is 6.42 Å². The second kappa shape index (κ2) is 3.25. The highest BCUT2D eigenvalue weighted by Gasteiger charge is 2.08. The summed E-state index contributed by atoms with van der Waals surface area (Å²) in [7, 11) is 1.89. The first-order valence-electron chi connectivity index (χ1n) is 4.58. The van der Waals surface area contributed by atoms with Gasteiger partial charge in [-0.05, 0) is 13.0 Å². The van der Waals surface area contributed by atoms with Crippen molar-refractivity contribution in [2.45, 2.75) is 13.3 Å². The summed E-state index contributed by atoms with van der Waals surface area (Å²) < 4.78 is 1.81. The number of rotatable bonds is 2. The van der Waals surface area contributed by atoms with E-state index in [2.05, 4.69) is 5.10 Å². The molecule has 0 aliphatic rings. The fourth-order valence-corrected chi connectivity index (χ4v) is 1.66. The van der Waals surface area contributed by atoms with Crippen molar-refractivity contribution in [2.75, 3.05) is 0 Å². The van der Waals surface area contributed by atoms with Crippen LogP contribution in [0.5, 0.6) is 0 Å². The number of carbonyl (C=O) groups excluding carboxylic acids is 1. The Morgan fingerprint density at radius 3 is 2.86 bits per heavy atom. The Bertz CT molecular complexity index is 485. The normalized spacial score (nSPS) is 10.7. The molecule has 0 saturated carbocycles. The molecule has 0 unspecified atom stereocenters. The van der Waals surface area contributed by atoms with Gasteiger partial charge in [0.1, 0.15) is 5.78 Å². The number of carbonyl (C=O) groups is 1. The largest absolute Gasteiger partial charge is 0.300 e. The molecule has 2 rings (SSSR count). The molecular weight excluding hydrogens is 176 g/mol. The topological polar surface area (TPSA) is 34.9 Å². The summed E-state index contributed by atoms with van der Waals surface area (Å²) in [4.78, 5) is 11.0. The third-order valence-corrected chi connectivity index (χ3v) is 2.25. The molecule has 0 radical (unpaired) electrons. The number of nitrogens with zero attached hydrogens (tertiary/aromatic N) is 2. The molecule has 3 heteroatoms. The van der Waals surface area contributed by atoms with Crippen LogP contribution in [0, 0.1) is 0 Å². The number of fused-ring (bicyclic) bond motifs is 1. The number of para-hydroxylation sites is 1. The number of aromatic nitrogens is 2. The summed E-state index contributed by atoms with van der Waals surface area (Å²) in [5.74, 6) is 0.147. The molecule has 0 aliphatic heterocycles. The van der Waals surface area contributed by atoms with Crippen LogP contribution >= 0.6 is 0 Å². The lowest BCUT2D eigenvalue weighted by molar-refractivity contribution is -0.116. The molecule has 0 fully saturated rings.